The maximum Gasteiger partial charge on any atom is 0.235 e. The molecule has 1 amide bonds. The summed E-state index contributed by atoms with van der Waals surface area (Å²) < 4.78 is 1.97. The third-order valence-electron chi connectivity index (χ3n) is 5.92. The van der Waals surface area contributed by atoms with Gasteiger partial charge in [-0.1, -0.05) is 96.2 Å². The summed E-state index contributed by atoms with van der Waals surface area (Å²) in [6.07, 6.45) is 1.79. The molecule has 2 N–H and O–H groups in total. The fourth-order valence-electron chi connectivity index (χ4n) is 4.13. The van der Waals surface area contributed by atoms with Crippen molar-refractivity contribution < 1.29 is 4.79 Å². The van der Waals surface area contributed by atoms with E-state index in [-0.39, 0.29) is 0 Å². The van der Waals surface area contributed by atoms with Gasteiger partial charge in [0.2, 0.25) is 5.91 Å². The number of para-hydroxylation sites is 1. The van der Waals surface area contributed by atoms with E-state index in [1.165, 1.54) is 17.3 Å². The number of fused-ring (bicyclic) bond motifs is 1. The molecule has 0 saturated heterocycles. The van der Waals surface area contributed by atoms with Crippen molar-refractivity contribution in [1.29, 1.82) is 0 Å². The number of allylic oxidation sites excluding steroid dienone is 1. The molecular formula is C29H25N5OS. The minimum atomic E-state index is -0.593. The molecule has 2 aromatic heterocycles. The largest absolute Gasteiger partial charge is 0.368 e. The van der Waals surface area contributed by atoms with Crippen molar-refractivity contribution in [1.82, 2.24) is 19.7 Å². The number of aryl methyl sites for hydroxylation is 1. The van der Waals surface area contributed by atoms with Gasteiger partial charge in [-0.3, -0.25) is 9.36 Å². The van der Waals surface area contributed by atoms with E-state index in [1.807, 2.05) is 65.2 Å². The number of benzene rings is 3. The molecule has 3 aromatic carbocycles. The number of carbonyl (C=O) groups excluding carboxylic acids is 1. The summed E-state index contributed by atoms with van der Waals surface area (Å²) in [6.45, 7) is 6.47. The van der Waals surface area contributed by atoms with Crippen LogP contribution in [0.25, 0.3) is 33.5 Å². The molecule has 0 saturated carbocycles. The molecule has 5 aromatic rings. The molecule has 1 unspecified atom stereocenters. The standard InChI is InChI=1S/C29H25N5OS/c1-3-17-34-28(32-33-29(34)36-26(27(30)35)21-9-5-4-6-10-21)23-18-25(20-15-13-19(2)14-16-20)31-24-12-8-7-11-22(23)24/h3-16,18,26H,1,17H2,2H3,(H2,30,35). The second-order valence-electron chi connectivity index (χ2n) is 8.45. The summed E-state index contributed by atoms with van der Waals surface area (Å²) in [6, 6.07) is 27.8. The predicted octanol–water partition coefficient (Wildman–Crippen LogP) is 5.97. The molecule has 7 heteroatoms. The second-order valence-corrected chi connectivity index (χ2v) is 9.53. The van der Waals surface area contributed by atoms with Gasteiger partial charge in [-0.15, -0.1) is 16.8 Å². The highest BCUT2D eigenvalue weighted by molar-refractivity contribution is 8.00. The zero-order valence-electron chi connectivity index (χ0n) is 19.8. The topological polar surface area (TPSA) is 86.7 Å². The van der Waals surface area contributed by atoms with Gasteiger partial charge in [0.15, 0.2) is 11.0 Å². The van der Waals surface area contributed by atoms with E-state index in [4.69, 9.17) is 10.7 Å². The summed E-state index contributed by atoms with van der Waals surface area (Å²) in [4.78, 5) is 17.3. The van der Waals surface area contributed by atoms with E-state index >= 15 is 0 Å². The highest BCUT2D eigenvalue weighted by atomic mass is 32.2. The van der Waals surface area contributed by atoms with Crippen LogP contribution in [0.4, 0.5) is 0 Å². The molecule has 2 heterocycles. The SMILES string of the molecule is C=CCn1c(SC(C(N)=O)c2ccccc2)nnc1-c1cc(-c2ccc(C)cc2)nc2ccccc12. The summed E-state index contributed by atoms with van der Waals surface area (Å²) >= 11 is 1.29. The first kappa shape index (κ1) is 23.5. The Kier molecular flexibility index (Phi) is 6.64. The maximum atomic E-state index is 12.4. The number of primary amides is 1. The number of hydrogen-bond acceptors (Lipinski definition) is 5. The van der Waals surface area contributed by atoms with Crippen molar-refractivity contribution >= 4 is 28.6 Å². The third kappa shape index (κ3) is 4.65. The Labute approximate surface area is 213 Å². The van der Waals surface area contributed by atoms with E-state index in [2.05, 4.69) is 48.0 Å². The van der Waals surface area contributed by atoms with E-state index in [9.17, 15) is 4.79 Å². The first-order valence-electron chi connectivity index (χ1n) is 11.6. The van der Waals surface area contributed by atoms with Gasteiger partial charge in [-0.2, -0.15) is 0 Å². The van der Waals surface area contributed by atoms with Crippen molar-refractivity contribution in [3.05, 3.63) is 109 Å². The Hall–Kier alpha value is -4.23. The molecule has 0 spiro atoms. The number of nitrogens with zero attached hydrogens (tertiary/aromatic N) is 4. The van der Waals surface area contributed by atoms with Crippen LogP contribution in [0.1, 0.15) is 16.4 Å². The van der Waals surface area contributed by atoms with Gasteiger partial charge in [0.1, 0.15) is 5.25 Å². The van der Waals surface area contributed by atoms with Gasteiger partial charge in [0.25, 0.3) is 0 Å². The number of rotatable bonds is 8. The smallest absolute Gasteiger partial charge is 0.235 e. The van der Waals surface area contributed by atoms with Crippen molar-refractivity contribution in [2.45, 2.75) is 23.9 Å². The molecule has 0 aliphatic carbocycles. The number of aromatic nitrogens is 4. The quantitative estimate of drug-likeness (QED) is 0.213. The molecule has 0 radical (unpaired) electrons. The minimum Gasteiger partial charge on any atom is -0.368 e. The van der Waals surface area contributed by atoms with Crippen LogP contribution in [0.15, 0.2) is 103 Å². The molecule has 178 valence electrons. The van der Waals surface area contributed by atoms with Gasteiger partial charge < -0.3 is 5.73 Å². The molecule has 0 bridgehead atoms. The lowest BCUT2D eigenvalue weighted by Gasteiger charge is -2.15. The minimum absolute atomic E-state index is 0.433. The number of nitrogens with two attached hydrogens (primary N) is 1. The monoisotopic (exact) mass is 491 g/mol. The molecule has 0 fully saturated rings. The molecule has 0 aliphatic rings. The van der Waals surface area contributed by atoms with Crippen LogP contribution >= 0.6 is 11.8 Å². The Morgan fingerprint density at radius 2 is 1.75 bits per heavy atom. The normalized spacial score (nSPS) is 11.9. The number of pyridine rings is 1. The van der Waals surface area contributed by atoms with Gasteiger partial charge in [0, 0.05) is 23.1 Å². The average molecular weight is 492 g/mol. The fourth-order valence-corrected chi connectivity index (χ4v) is 5.12. The molecule has 6 nitrogen and oxygen atoms in total. The summed E-state index contributed by atoms with van der Waals surface area (Å²) in [5, 5.41) is 10.0. The number of amides is 1. The van der Waals surface area contributed by atoms with Crippen LogP contribution in [-0.4, -0.2) is 25.7 Å². The van der Waals surface area contributed by atoms with E-state index in [0.717, 1.165) is 33.3 Å². The second kappa shape index (κ2) is 10.2. The average Bonchev–Trinajstić information content (AvgIpc) is 3.29. The van der Waals surface area contributed by atoms with Crippen molar-refractivity contribution in [2.75, 3.05) is 0 Å². The lowest BCUT2D eigenvalue weighted by Crippen LogP contribution is -2.19. The first-order valence-corrected chi connectivity index (χ1v) is 12.5. The number of hydrogen-bond donors (Lipinski definition) is 1. The summed E-state index contributed by atoms with van der Waals surface area (Å²) in [7, 11) is 0. The highest BCUT2D eigenvalue weighted by Gasteiger charge is 2.24. The van der Waals surface area contributed by atoms with Crippen LogP contribution in [0.3, 0.4) is 0 Å². The highest BCUT2D eigenvalue weighted by Crippen LogP contribution is 2.37. The molecular weight excluding hydrogens is 466 g/mol. The summed E-state index contributed by atoms with van der Waals surface area (Å²) in [5.41, 5.74) is 11.4. The lowest BCUT2D eigenvalue weighted by molar-refractivity contribution is -0.117. The van der Waals surface area contributed by atoms with Crippen LogP contribution in [0.5, 0.6) is 0 Å². The van der Waals surface area contributed by atoms with Crippen LogP contribution < -0.4 is 5.73 Å². The van der Waals surface area contributed by atoms with Gasteiger partial charge >= 0.3 is 0 Å². The van der Waals surface area contributed by atoms with Gasteiger partial charge in [-0.05, 0) is 24.6 Å². The van der Waals surface area contributed by atoms with Crippen LogP contribution in [0.2, 0.25) is 0 Å². The Bertz CT molecular complexity index is 1540. The number of thioether (sulfide) groups is 1. The molecule has 36 heavy (non-hydrogen) atoms. The summed E-state index contributed by atoms with van der Waals surface area (Å²) in [5.74, 6) is 0.248. The van der Waals surface area contributed by atoms with Crippen molar-refractivity contribution in [3.63, 3.8) is 0 Å². The lowest BCUT2D eigenvalue weighted by atomic mass is 10.0. The van der Waals surface area contributed by atoms with E-state index < -0.39 is 11.2 Å². The van der Waals surface area contributed by atoms with Gasteiger partial charge in [0.05, 0.1) is 11.2 Å². The van der Waals surface area contributed by atoms with Crippen molar-refractivity contribution in [3.8, 4) is 22.6 Å². The van der Waals surface area contributed by atoms with Crippen LogP contribution in [-0.2, 0) is 11.3 Å². The first-order chi connectivity index (χ1) is 17.5. The number of carbonyl (C=O) groups is 1. The van der Waals surface area contributed by atoms with Gasteiger partial charge in [-0.25, -0.2) is 4.98 Å². The Balaban J connectivity index is 1.65. The third-order valence-corrected chi connectivity index (χ3v) is 7.17. The molecule has 5 rings (SSSR count). The fraction of sp³-hybridized carbons (Fsp3) is 0.103. The van der Waals surface area contributed by atoms with Crippen molar-refractivity contribution in [2.24, 2.45) is 5.73 Å². The Morgan fingerprint density at radius 1 is 1.03 bits per heavy atom. The zero-order valence-corrected chi connectivity index (χ0v) is 20.7. The predicted molar refractivity (Wildman–Crippen MR) is 145 cm³/mol. The maximum absolute atomic E-state index is 12.4. The van der Waals surface area contributed by atoms with E-state index in [0.29, 0.717) is 17.5 Å². The molecule has 0 aliphatic heterocycles. The molecule has 1 atom stereocenters. The van der Waals surface area contributed by atoms with Crippen LogP contribution in [0, 0.1) is 6.92 Å². The van der Waals surface area contributed by atoms with E-state index in [1.54, 1.807) is 6.08 Å². The zero-order chi connectivity index (χ0) is 25.1. The Morgan fingerprint density at radius 3 is 2.47 bits per heavy atom.